The molecule has 2 fully saturated rings. The average molecular weight is 285 g/mol. The number of nitrogens with zero attached hydrogens (tertiary/aromatic N) is 1. The van der Waals surface area contributed by atoms with E-state index < -0.39 is 0 Å². The first-order valence-corrected chi connectivity index (χ1v) is 9.37. The normalized spacial score (nSPS) is 25.3. The second kappa shape index (κ2) is 7.33. The summed E-state index contributed by atoms with van der Waals surface area (Å²) in [5.41, 5.74) is 0. The van der Waals surface area contributed by atoms with Crippen molar-refractivity contribution in [3.05, 3.63) is 0 Å². The predicted molar refractivity (Wildman–Crippen MR) is 87.0 cm³/mol. The third-order valence-electron chi connectivity index (χ3n) is 4.87. The zero-order valence-corrected chi connectivity index (χ0v) is 13.9. The molecule has 2 nitrogen and oxygen atoms in total. The van der Waals surface area contributed by atoms with E-state index in [0.29, 0.717) is 4.75 Å². The van der Waals surface area contributed by atoms with Crippen molar-refractivity contribution in [1.82, 2.24) is 10.2 Å². The summed E-state index contributed by atoms with van der Waals surface area (Å²) in [6, 6.07) is 0.771. The largest absolute Gasteiger partial charge is 0.313 e. The standard InChI is InChI=1S/C16H32N2S/c1-14(2)12-18-10-6-15(7-11-18)17-13-16(19-3)8-4-5-9-16/h14-15,17H,4-13H2,1-3H3. The molecule has 0 aromatic rings. The Hall–Kier alpha value is 0.270. The molecule has 1 saturated carbocycles. The van der Waals surface area contributed by atoms with E-state index in [-0.39, 0.29) is 0 Å². The molecule has 112 valence electrons. The highest BCUT2D eigenvalue weighted by Gasteiger charge is 2.33. The summed E-state index contributed by atoms with van der Waals surface area (Å²) >= 11 is 2.10. The summed E-state index contributed by atoms with van der Waals surface area (Å²) < 4.78 is 0.565. The summed E-state index contributed by atoms with van der Waals surface area (Å²) in [5.74, 6) is 0.808. The first kappa shape index (κ1) is 15.7. The maximum atomic E-state index is 3.88. The van der Waals surface area contributed by atoms with Crippen molar-refractivity contribution in [2.45, 2.75) is 63.2 Å². The lowest BCUT2D eigenvalue weighted by molar-refractivity contribution is 0.178. The van der Waals surface area contributed by atoms with Crippen molar-refractivity contribution >= 4 is 11.8 Å². The lowest BCUT2D eigenvalue weighted by Gasteiger charge is -2.36. The molecule has 0 unspecified atom stereocenters. The van der Waals surface area contributed by atoms with Gasteiger partial charge in [0, 0.05) is 23.9 Å². The SMILES string of the molecule is CSC1(CNC2CCN(CC(C)C)CC2)CCCC1. The van der Waals surface area contributed by atoms with Crippen LogP contribution in [0.1, 0.15) is 52.4 Å². The highest BCUT2D eigenvalue weighted by molar-refractivity contribution is 8.00. The van der Waals surface area contributed by atoms with Crippen LogP contribution in [-0.4, -0.2) is 48.1 Å². The number of piperidine rings is 1. The summed E-state index contributed by atoms with van der Waals surface area (Å²) in [6.45, 7) is 9.76. The Kier molecular flexibility index (Phi) is 6.04. The van der Waals surface area contributed by atoms with Crippen LogP contribution in [0.25, 0.3) is 0 Å². The van der Waals surface area contributed by atoms with Crippen molar-refractivity contribution in [2.24, 2.45) is 5.92 Å². The van der Waals surface area contributed by atoms with Crippen LogP contribution < -0.4 is 5.32 Å². The van der Waals surface area contributed by atoms with Crippen LogP contribution >= 0.6 is 11.8 Å². The molecule has 0 radical (unpaired) electrons. The van der Waals surface area contributed by atoms with E-state index in [1.807, 2.05) is 0 Å². The molecular formula is C16H32N2S. The highest BCUT2D eigenvalue weighted by atomic mass is 32.2. The quantitative estimate of drug-likeness (QED) is 0.805. The number of thioether (sulfide) groups is 1. The molecular weight excluding hydrogens is 252 g/mol. The monoisotopic (exact) mass is 284 g/mol. The topological polar surface area (TPSA) is 15.3 Å². The van der Waals surface area contributed by atoms with Crippen LogP contribution in [0.3, 0.4) is 0 Å². The zero-order chi connectivity index (χ0) is 13.7. The molecule has 1 N–H and O–H groups in total. The van der Waals surface area contributed by atoms with Gasteiger partial charge in [0.15, 0.2) is 0 Å². The first-order chi connectivity index (χ1) is 9.13. The lowest BCUT2D eigenvalue weighted by Crippen LogP contribution is -2.47. The Bertz CT molecular complexity index is 253. The van der Waals surface area contributed by atoms with E-state index in [2.05, 4.69) is 42.1 Å². The lowest BCUT2D eigenvalue weighted by atomic mass is 10.0. The summed E-state index contributed by atoms with van der Waals surface area (Å²) in [5, 5.41) is 3.88. The molecule has 1 aliphatic heterocycles. The van der Waals surface area contributed by atoms with Gasteiger partial charge in [0.05, 0.1) is 0 Å². The molecule has 3 heteroatoms. The minimum atomic E-state index is 0.565. The number of hydrogen-bond donors (Lipinski definition) is 1. The van der Waals surface area contributed by atoms with Gasteiger partial charge in [-0.05, 0) is 50.9 Å². The molecule has 1 aliphatic carbocycles. The summed E-state index contributed by atoms with van der Waals surface area (Å²) in [6.07, 6.45) is 10.7. The fourth-order valence-electron chi connectivity index (χ4n) is 3.64. The van der Waals surface area contributed by atoms with E-state index in [9.17, 15) is 0 Å². The molecule has 0 bridgehead atoms. The van der Waals surface area contributed by atoms with E-state index in [4.69, 9.17) is 0 Å². The molecule has 1 saturated heterocycles. The molecule has 0 aromatic heterocycles. The molecule has 0 aromatic carbocycles. The third kappa shape index (κ3) is 4.64. The van der Waals surface area contributed by atoms with Crippen molar-refractivity contribution in [3.63, 3.8) is 0 Å². The zero-order valence-electron chi connectivity index (χ0n) is 13.1. The van der Waals surface area contributed by atoms with Gasteiger partial charge in [-0.1, -0.05) is 26.7 Å². The Balaban J connectivity index is 1.68. The third-order valence-corrected chi connectivity index (χ3v) is 6.29. The van der Waals surface area contributed by atoms with Gasteiger partial charge in [-0.15, -0.1) is 0 Å². The Morgan fingerprint density at radius 2 is 1.84 bits per heavy atom. The maximum Gasteiger partial charge on any atom is 0.0281 e. The van der Waals surface area contributed by atoms with Gasteiger partial charge in [-0.2, -0.15) is 11.8 Å². The van der Waals surface area contributed by atoms with Gasteiger partial charge in [0.25, 0.3) is 0 Å². The van der Waals surface area contributed by atoms with Crippen molar-refractivity contribution in [3.8, 4) is 0 Å². The Labute approximate surface area is 124 Å². The molecule has 0 atom stereocenters. The van der Waals surface area contributed by atoms with E-state index in [1.54, 1.807) is 0 Å². The number of likely N-dealkylation sites (tertiary alicyclic amines) is 1. The fourth-order valence-corrected chi connectivity index (χ4v) is 4.56. The van der Waals surface area contributed by atoms with Crippen LogP contribution in [0.5, 0.6) is 0 Å². The Morgan fingerprint density at radius 1 is 1.21 bits per heavy atom. The second-order valence-corrected chi connectivity index (χ2v) is 8.22. The van der Waals surface area contributed by atoms with Crippen LogP contribution in [0.15, 0.2) is 0 Å². The number of hydrogen-bond acceptors (Lipinski definition) is 3. The van der Waals surface area contributed by atoms with Crippen molar-refractivity contribution in [2.75, 3.05) is 32.4 Å². The van der Waals surface area contributed by atoms with Gasteiger partial charge in [-0.25, -0.2) is 0 Å². The smallest absolute Gasteiger partial charge is 0.0281 e. The molecule has 2 rings (SSSR count). The van der Waals surface area contributed by atoms with Gasteiger partial charge in [0.2, 0.25) is 0 Å². The van der Waals surface area contributed by atoms with Crippen LogP contribution in [0, 0.1) is 5.92 Å². The number of nitrogens with one attached hydrogen (secondary N) is 1. The van der Waals surface area contributed by atoms with E-state index in [0.717, 1.165) is 12.0 Å². The van der Waals surface area contributed by atoms with Gasteiger partial charge < -0.3 is 10.2 Å². The summed E-state index contributed by atoms with van der Waals surface area (Å²) in [7, 11) is 0. The maximum absolute atomic E-state index is 3.88. The second-order valence-electron chi connectivity index (χ2n) is 6.94. The van der Waals surface area contributed by atoms with Crippen LogP contribution in [0.4, 0.5) is 0 Å². The van der Waals surface area contributed by atoms with Crippen molar-refractivity contribution < 1.29 is 0 Å². The summed E-state index contributed by atoms with van der Waals surface area (Å²) in [4.78, 5) is 2.64. The van der Waals surface area contributed by atoms with Gasteiger partial charge in [0.1, 0.15) is 0 Å². The molecule has 0 spiro atoms. The molecule has 0 amide bonds. The molecule has 19 heavy (non-hydrogen) atoms. The fraction of sp³-hybridized carbons (Fsp3) is 1.00. The van der Waals surface area contributed by atoms with Gasteiger partial charge in [-0.3, -0.25) is 0 Å². The predicted octanol–water partition coefficient (Wildman–Crippen LogP) is 3.37. The van der Waals surface area contributed by atoms with Crippen LogP contribution in [0.2, 0.25) is 0 Å². The highest BCUT2D eigenvalue weighted by Crippen LogP contribution is 2.39. The minimum absolute atomic E-state index is 0.565. The van der Waals surface area contributed by atoms with E-state index >= 15 is 0 Å². The van der Waals surface area contributed by atoms with Crippen LogP contribution in [-0.2, 0) is 0 Å². The number of rotatable bonds is 6. The molecule has 1 heterocycles. The average Bonchev–Trinajstić information content (AvgIpc) is 2.87. The van der Waals surface area contributed by atoms with Gasteiger partial charge >= 0.3 is 0 Å². The molecule has 2 aliphatic rings. The first-order valence-electron chi connectivity index (χ1n) is 8.14. The van der Waals surface area contributed by atoms with E-state index in [1.165, 1.54) is 64.7 Å². The minimum Gasteiger partial charge on any atom is -0.313 e. The Morgan fingerprint density at radius 3 is 2.37 bits per heavy atom. The van der Waals surface area contributed by atoms with Crippen molar-refractivity contribution in [1.29, 1.82) is 0 Å².